The molecule has 0 bridgehead atoms. The molecule has 1 amide bonds. The normalized spacial score (nSPS) is 11.7. The lowest BCUT2D eigenvalue weighted by Gasteiger charge is -2.04. The van der Waals surface area contributed by atoms with Gasteiger partial charge in [-0.25, -0.2) is 0 Å². The summed E-state index contributed by atoms with van der Waals surface area (Å²) in [5, 5.41) is 10.1. The van der Waals surface area contributed by atoms with E-state index >= 15 is 0 Å². The fraction of sp³-hybridized carbons (Fsp3) is 0.286. The summed E-state index contributed by atoms with van der Waals surface area (Å²) >= 11 is 1.10. The Balaban J connectivity index is 1.87. The second-order valence-electron chi connectivity index (χ2n) is 4.29. The standard InChI is InChI=1S/C14H15N3O4S/c1-9(13(19)20-2)22-14-17-16-11(21-14)8-15-12(18)10-6-4-3-5-7-10/h3-7,9H,8H2,1-2H3,(H,15,18). The highest BCUT2D eigenvalue weighted by Gasteiger charge is 2.18. The first-order valence-electron chi connectivity index (χ1n) is 6.50. The number of carbonyl (C=O) groups is 2. The van der Waals surface area contributed by atoms with E-state index in [1.54, 1.807) is 31.2 Å². The molecule has 0 aliphatic carbocycles. The summed E-state index contributed by atoms with van der Waals surface area (Å²) < 4.78 is 9.97. The van der Waals surface area contributed by atoms with Crippen LogP contribution in [0.2, 0.25) is 0 Å². The maximum Gasteiger partial charge on any atom is 0.319 e. The third-order valence-electron chi connectivity index (χ3n) is 2.70. The molecule has 2 rings (SSSR count). The number of nitrogens with zero attached hydrogens (tertiary/aromatic N) is 2. The maximum atomic E-state index is 11.9. The monoisotopic (exact) mass is 321 g/mol. The van der Waals surface area contributed by atoms with Gasteiger partial charge in [-0.05, 0) is 19.1 Å². The van der Waals surface area contributed by atoms with Crippen LogP contribution in [0.4, 0.5) is 0 Å². The van der Waals surface area contributed by atoms with E-state index in [4.69, 9.17) is 4.42 Å². The van der Waals surface area contributed by atoms with Gasteiger partial charge in [0.15, 0.2) is 0 Å². The molecule has 7 nitrogen and oxygen atoms in total. The molecule has 116 valence electrons. The Kier molecular flexibility index (Phi) is 5.54. The molecule has 0 radical (unpaired) electrons. The Morgan fingerprint density at radius 1 is 1.32 bits per heavy atom. The number of hydrogen-bond donors (Lipinski definition) is 1. The fourth-order valence-electron chi connectivity index (χ4n) is 1.57. The topological polar surface area (TPSA) is 94.3 Å². The van der Waals surface area contributed by atoms with Gasteiger partial charge in [0.05, 0.1) is 13.7 Å². The largest absolute Gasteiger partial charge is 0.468 e. The van der Waals surface area contributed by atoms with Crippen LogP contribution in [0.1, 0.15) is 23.2 Å². The minimum Gasteiger partial charge on any atom is -0.468 e. The molecule has 2 aromatic rings. The van der Waals surface area contributed by atoms with E-state index in [0.717, 1.165) is 11.8 Å². The smallest absolute Gasteiger partial charge is 0.319 e. The van der Waals surface area contributed by atoms with Crippen molar-refractivity contribution >= 4 is 23.6 Å². The van der Waals surface area contributed by atoms with Gasteiger partial charge in [0.2, 0.25) is 5.89 Å². The van der Waals surface area contributed by atoms with Crippen molar-refractivity contribution in [1.82, 2.24) is 15.5 Å². The number of rotatable bonds is 6. The lowest BCUT2D eigenvalue weighted by atomic mass is 10.2. The van der Waals surface area contributed by atoms with Crippen molar-refractivity contribution in [2.45, 2.75) is 23.9 Å². The molecule has 1 unspecified atom stereocenters. The molecule has 0 aliphatic rings. The number of esters is 1. The van der Waals surface area contributed by atoms with E-state index in [1.165, 1.54) is 7.11 Å². The summed E-state index contributed by atoms with van der Waals surface area (Å²) in [5.74, 6) is -0.332. The molecule has 22 heavy (non-hydrogen) atoms. The molecular formula is C14H15N3O4S. The quantitative estimate of drug-likeness (QED) is 0.638. The molecule has 0 spiro atoms. The predicted molar refractivity (Wildman–Crippen MR) is 79.2 cm³/mol. The van der Waals surface area contributed by atoms with Crippen LogP contribution in [0.5, 0.6) is 0 Å². The summed E-state index contributed by atoms with van der Waals surface area (Å²) in [7, 11) is 1.32. The predicted octanol–water partition coefficient (Wildman–Crippen LogP) is 1.65. The number of nitrogens with one attached hydrogen (secondary N) is 1. The van der Waals surface area contributed by atoms with Crippen molar-refractivity contribution in [3.8, 4) is 0 Å². The molecule has 1 N–H and O–H groups in total. The highest BCUT2D eigenvalue weighted by molar-refractivity contribution is 8.00. The van der Waals surface area contributed by atoms with Gasteiger partial charge in [0.1, 0.15) is 5.25 Å². The van der Waals surface area contributed by atoms with Crippen LogP contribution in [-0.2, 0) is 16.1 Å². The van der Waals surface area contributed by atoms with Crippen LogP contribution < -0.4 is 5.32 Å². The van der Waals surface area contributed by atoms with E-state index in [-0.39, 0.29) is 29.5 Å². The van der Waals surface area contributed by atoms with E-state index in [1.807, 2.05) is 6.07 Å². The van der Waals surface area contributed by atoms with Crippen molar-refractivity contribution in [2.75, 3.05) is 7.11 Å². The SMILES string of the molecule is COC(=O)C(C)Sc1nnc(CNC(=O)c2ccccc2)o1. The first-order chi connectivity index (χ1) is 10.6. The van der Waals surface area contributed by atoms with Gasteiger partial charge >= 0.3 is 5.97 Å². The van der Waals surface area contributed by atoms with E-state index in [2.05, 4.69) is 20.3 Å². The minimum atomic E-state index is -0.447. The molecule has 0 saturated heterocycles. The number of methoxy groups -OCH3 is 1. The zero-order valence-electron chi connectivity index (χ0n) is 12.1. The molecule has 0 fully saturated rings. The second kappa shape index (κ2) is 7.60. The Labute approximate surface area is 131 Å². The van der Waals surface area contributed by atoms with Gasteiger partial charge in [-0.1, -0.05) is 30.0 Å². The van der Waals surface area contributed by atoms with Gasteiger partial charge < -0.3 is 14.5 Å². The average Bonchev–Trinajstić information content (AvgIpc) is 3.00. The number of hydrogen-bond acceptors (Lipinski definition) is 7. The Bertz CT molecular complexity index is 645. The third kappa shape index (κ3) is 4.32. The Morgan fingerprint density at radius 3 is 2.73 bits per heavy atom. The first-order valence-corrected chi connectivity index (χ1v) is 7.38. The van der Waals surface area contributed by atoms with Crippen LogP contribution in [0, 0.1) is 0 Å². The molecule has 1 aromatic carbocycles. The summed E-state index contributed by atoms with van der Waals surface area (Å²) in [5.41, 5.74) is 0.552. The number of amides is 1. The Hall–Kier alpha value is -2.35. The van der Waals surface area contributed by atoms with Crippen molar-refractivity contribution in [2.24, 2.45) is 0 Å². The number of ether oxygens (including phenoxy) is 1. The second-order valence-corrected chi connectivity index (χ2v) is 5.59. The number of aromatic nitrogens is 2. The minimum absolute atomic E-state index is 0.119. The summed E-state index contributed by atoms with van der Waals surface area (Å²) in [4.78, 5) is 23.2. The molecular weight excluding hydrogens is 306 g/mol. The van der Waals surface area contributed by atoms with Gasteiger partial charge in [0, 0.05) is 5.56 Å². The number of benzene rings is 1. The van der Waals surface area contributed by atoms with Crippen molar-refractivity contribution < 1.29 is 18.7 Å². The van der Waals surface area contributed by atoms with E-state index < -0.39 is 5.25 Å². The zero-order chi connectivity index (χ0) is 15.9. The van der Waals surface area contributed by atoms with Crippen LogP contribution in [0.3, 0.4) is 0 Å². The van der Waals surface area contributed by atoms with Gasteiger partial charge in [-0.15, -0.1) is 10.2 Å². The average molecular weight is 321 g/mol. The lowest BCUT2D eigenvalue weighted by Crippen LogP contribution is -2.22. The van der Waals surface area contributed by atoms with Gasteiger partial charge in [-0.3, -0.25) is 9.59 Å². The van der Waals surface area contributed by atoms with E-state index in [9.17, 15) is 9.59 Å². The van der Waals surface area contributed by atoms with Crippen molar-refractivity contribution in [3.05, 3.63) is 41.8 Å². The van der Waals surface area contributed by atoms with E-state index in [0.29, 0.717) is 5.56 Å². The lowest BCUT2D eigenvalue weighted by molar-refractivity contribution is -0.139. The van der Waals surface area contributed by atoms with Crippen molar-refractivity contribution in [1.29, 1.82) is 0 Å². The molecule has 1 heterocycles. The zero-order valence-corrected chi connectivity index (χ0v) is 12.9. The number of thioether (sulfide) groups is 1. The molecule has 1 aromatic heterocycles. The van der Waals surface area contributed by atoms with Crippen LogP contribution >= 0.6 is 11.8 Å². The summed E-state index contributed by atoms with van der Waals surface area (Å²) in [6.07, 6.45) is 0. The highest BCUT2D eigenvalue weighted by Crippen LogP contribution is 2.22. The summed E-state index contributed by atoms with van der Waals surface area (Å²) in [6.45, 7) is 1.80. The highest BCUT2D eigenvalue weighted by atomic mass is 32.2. The summed E-state index contributed by atoms with van der Waals surface area (Å²) in [6, 6.07) is 8.82. The fourth-order valence-corrected chi connectivity index (χ4v) is 2.30. The molecule has 0 aliphatic heterocycles. The first kappa shape index (κ1) is 16.0. The van der Waals surface area contributed by atoms with Crippen LogP contribution in [-0.4, -0.2) is 34.4 Å². The molecule has 1 atom stereocenters. The van der Waals surface area contributed by atoms with Gasteiger partial charge in [0.25, 0.3) is 11.1 Å². The van der Waals surface area contributed by atoms with Crippen LogP contribution in [0.15, 0.2) is 40.0 Å². The number of carbonyl (C=O) groups excluding carboxylic acids is 2. The molecule has 0 saturated carbocycles. The molecule has 8 heteroatoms. The Morgan fingerprint density at radius 2 is 2.05 bits per heavy atom. The van der Waals surface area contributed by atoms with Crippen molar-refractivity contribution in [3.63, 3.8) is 0 Å². The third-order valence-corrected chi connectivity index (χ3v) is 3.61. The maximum absolute atomic E-state index is 11.9. The van der Waals surface area contributed by atoms with Gasteiger partial charge in [-0.2, -0.15) is 0 Å². The van der Waals surface area contributed by atoms with Crippen LogP contribution in [0.25, 0.3) is 0 Å².